The first kappa shape index (κ1) is 17.3. The number of carbonyl (C=O) groups is 2. The van der Waals surface area contributed by atoms with Gasteiger partial charge in [-0.2, -0.15) is 0 Å². The quantitative estimate of drug-likeness (QED) is 0.627. The van der Waals surface area contributed by atoms with E-state index >= 15 is 0 Å². The molecule has 0 aliphatic carbocycles. The average Bonchev–Trinajstić information content (AvgIpc) is 2.61. The van der Waals surface area contributed by atoms with Crippen LogP contribution in [0.15, 0.2) is 36.8 Å². The molecule has 0 spiro atoms. The lowest BCUT2D eigenvalue weighted by molar-refractivity contribution is -0.384. The van der Waals surface area contributed by atoms with Gasteiger partial charge in [-0.15, -0.1) is 0 Å². The number of likely N-dealkylation sites (tertiary alicyclic amines) is 1. The van der Waals surface area contributed by atoms with E-state index in [9.17, 15) is 19.7 Å². The number of nitro groups is 1. The molecule has 2 aromatic rings. The van der Waals surface area contributed by atoms with Crippen molar-refractivity contribution in [2.75, 3.05) is 25.5 Å². The van der Waals surface area contributed by atoms with Gasteiger partial charge in [-0.05, 0) is 6.07 Å². The predicted octanol–water partition coefficient (Wildman–Crippen LogP) is 1.10. The molecule has 1 aromatic carbocycles. The van der Waals surface area contributed by atoms with Crippen molar-refractivity contribution in [3.63, 3.8) is 0 Å². The van der Waals surface area contributed by atoms with Gasteiger partial charge in [-0.1, -0.05) is 0 Å². The third-order valence-corrected chi connectivity index (χ3v) is 3.98. The van der Waals surface area contributed by atoms with E-state index in [0.717, 1.165) is 0 Å². The Hall–Kier alpha value is -3.56. The van der Waals surface area contributed by atoms with E-state index in [4.69, 9.17) is 4.74 Å². The first-order chi connectivity index (χ1) is 12.5. The largest absolute Gasteiger partial charge is 0.494 e. The molecule has 3 rings (SSSR count). The number of nitro benzene ring substituents is 1. The third-order valence-electron chi connectivity index (χ3n) is 3.98. The summed E-state index contributed by atoms with van der Waals surface area (Å²) in [4.78, 5) is 44.0. The molecule has 2 heterocycles. The second-order valence-corrected chi connectivity index (χ2v) is 5.63. The fourth-order valence-corrected chi connectivity index (χ4v) is 2.51. The molecule has 1 aliphatic rings. The second kappa shape index (κ2) is 7.13. The van der Waals surface area contributed by atoms with Crippen LogP contribution < -0.4 is 10.1 Å². The van der Waals surface area contributed by atoms with Crippen molar-refractivity contribution in [2.24, 2.45) is 5.92 Å². The number of nitrogens with one attached hydrogen (secondary N) is 1. The normalized spacial score (nSPS) is 13.7. The third kappa shape index (κ3) is 3.43. The number of non-ortho nitro benzene ring substituents is 1. The summed E-state index contributed by atoms with van der Waals surface area (Å²) < 4.78 is 5.09. The van der Waals surface area contributed by atoms with Crippen LogP contribution in [0.4, 0.5) is 11.4 Å². The molecule has 2 amide bonds. The van der Waals surface area contributed by atoms with Crippen molar-refractivity contribution in [3.8, 4) is 5.75 Å². The minimum atomic E-state index is -0.546. The van der Waals surface area contributed by atoms with Gasteiger partial charge in [-0.25, -0.2) is 4.98 Å². The topological polar surface area (TPSA) is 128 Å². The van der Waals surface area contributed by atoms with E-state index in [1.54, 1.807) is 0 Å². The van der Waals surface area contributed by atoms with Crippen LogP contribution in [0.5, 0.6) is 5.75 Å². The number of nitrogens with zero attached hydrogens (tertiary/aromatic N) is 4. The van der Waals surface area contributed by atoms with E-state index < -0.39 is 4.92 Å². The molecule has 1 aromatic heterocycles. The van der Waals surface area contributed by atoms with Crippen molar-refractivity contribution >= 4 is 23.2 Å². The fourth-order valence-electron chi connectivity index (χ4n) is 2.51. The molecule has 10 heteroatoms. The van der Waals surface area contributed by atoms with Crippen LogP contribution in [0.1, 0.15) is 10.5 Å². The first-order valence-electron chi connectivity index (χ1n) is 7.68. The Morgan fingerprint density at radius 3 is 2.73 bits per heavy atom. The number of aromatic nitrogens is 2. The summed E-state index contributed by atoms with van der Waals surface area (Å²) in [6.45, 7) is 0.521. The number of anilines is 1. The highest BCUT2D eigenvalue weighted by atomic mass is 16.6. The van der Waals surface area contributed by atoms with Gasteiger partial charge < -0.3 is 15.0 Å². The Morgan fingerprint density at radius 1 is 1.35 bits per heavy atom. The minimum absolute atomic E-state index is 0.135. The number of methoxy groups -OCH3 is 1. The summed E-state index contributed by atoms with van der Waals surface area (Å²) in [6.07, 6.45) is 4.27. The van der Waals surface area contributed by atoms with E-state index in [2.05, 4.69) is 15.3 Å². The number of rotatable bonds is 5. The van der Waals surface area contributed by atoms with Crippen LogP contribution in [-0.4, -0.2) is 51.8 Å². The van der Waals surface area contributed by atoms with Crippen molar-refractivity contribution in [1.82, 2.24) is 14.9 Å². The lowest BCUT2D eigenvalue weighted by atomic mass is 9.98. The standard InChI is InChI=1S/C16H15N5O5/c1-26-14-6-11(21(24)25)2-3-12(14)19-15(22)10-8-20(9-10)16(23)13-7-17-4-5-18-13/h2-7,10H,8-9H2,1H3,(H,19,22). The SMILES string of the molecule is COc1cc([N+](=O)[O-])ccc1NC(=O)C1CN(C(=O)c2cnccn2)C1. The smallest absolute Gasteiger partial charge is 0.274 e. The summed E-state index contributed by atoms with van der Waals surface area (Å²) in [7, 11) is 1.36. The average molecular weight is 357 g/mol. The van der Waals surface area contributed by atoms with E-state index in [0.29, 0.717) is 5.69 Å². The van der Waals surface area contributed by atoms with Gasteiger partial charge in [0.05, 0.1) is 35.9 Å². The fraction of sp³-hybridized carbons (Fsp3) is 0.250. The van der Waals surface area contributed by atoms with Crippen LogP contribution in [0.3, 0.4) is 0 Å². The maximum Gasteiger partial charge on any atom is 0.274 e. The van der Waals surface area contributed by atoms with Crippen molar-refractivity contribution in [3.05, 3.63) is 52.6 Å². The first-order valence-corrected chi connectivity index (χ1v) is 7.68. The van der Waals surface area contributed by atoms with Crippen LogP contribution in [0.2, 0.25) is 0 Å². The Morgan fingerprint density at radius 2 is 2.12 bits per heavy atom. The minimum Gasteiger partial charge on any atom is -0.494 e. The second-order valence-electron chi connectivity index (χ2n) is 5.63. The molecule has 0 saturated carbocycles. The highest BCUT2D eigenvalue weighted by Gasteiger charge is 2.36. The Balaban J connectivity index is 1.60. The van der Waals surface area contributed by atoms with E-state index in [1.807, 2.05) is 0 Å². The molecule has 1 fully saturated rings. The zero-order valence-corrected chi connectivity index (χ0v) is 13.8. The van der Waals surface area contributed by atoms with Crippen LogP contribution >= 0.6 is 0 Å². The van der Waals surface area contributed by atoms with Gasteiger partial charge in [0.15, 0.2) is 0 Å². The molecule has 1 N–H and O–H groups in total. The van der Waals surface area contributed by atoms with Gasteiger partial charge in [-0.3, -0.25) is 24.7 Å². The van der Waals surface area contributed by atoms with Crippen LogP contribution in [-0.2, 0) is 4.79 Å². The van der Waals surface area contributed by atoms with E-state index in [1.165, 1.54) is 48.8 Å². The molecular weight excluding hydrogens is 342 g/mol. The molecule has 10 nitrogen and oxygen atoms in total. The van der Waals surface area contributed by atoms with Crippen LogP contribution in [0.25, 0.3) is 0 Å². The van der Waals surface area contributed by atoms with Crippen molar-refractivity contribution < 1.29 is 19.2 Å². The molecule has 134 valence electrons. The van der Waals surface area contributed by atoms with Gasteiger partial charge >= 0.3 is 0 Å². The zero-order valence-electron chi connectivity index (χ0n) is 13.8. The number of ether oxygens (including phenoxy) is 1. The van der Waals surface area contributed by atoms with Crippen molar-refractivity contribution in [1.29, 1.82) is 0 Å². The summed E-state index contributed by atoms with van der Waals surface area (Å²) in [5.41, 5.74) is 0.425. The van der Waals surface area contributed by atoms with Crippen LogP contribution in [0, 0.1) is 16.0 Å². The highest BCUT2D eigenvalue weighted by molar-refractivity contribution is 5.98. The summed E-state index contributed by atoms with van der Waals surface area (Å²) in [5.74, 6) is -0.759. The number of benzene rings is 1. The molecule has 0 unspecified atom stereocenters. The van der Waals surface area contributed by atoms with Gasteiger partial charge in [0.1, 0.15) is 11.4 Å². The Labute approximate surface area is 148 Å². The monoisotopic (exact) mass is 357 g/mol. The maximum atomic E-state index is 12.3. The van der Waals surface area contributed by atoms with E-state index in [-0.39, 0.29) is 48.0 Å². The highest BCUT2D eigenvalue weighted by Crippen LogP contribution is 2.30. The number of hydrogen-bond acceptors (Lipinski definition) is 7. The predicted molar refractivity (Wildman–Crippen MR) is 89.7 cm³/mol. The zero-order chi connectivity index (χ0) is 18.7. The maximum absolute atomic E-state index is 12.3. The summed E-state index contributed by atoms with van der Waals surface area (Å²) in [5, 5.41) is 13.5. The lowest BCUT2D eigenvalue weighted by Crippen LogP contribution is -2.54. The molecule has 1 saturated heterocycles. The molecule has 0 radical (unpaired) electrons. The Bertz CT molecular complexity index is 851. The molecule has 0 atom stereocenters. The number of hydrogen-bond donors (Lipinski definition) is 1. The lowest BCUT2D eigenvalue weighted by Gasteiger charge is -2.37. The van der Waals surface area contributed by atoms with Gasteiger partial charge in [0, 0.05) is 31.5 Å². The summed E-state index contributed by atoms with van der Waals surface area (Å²) >= 11 is 0. The molecule has 0 bridgehead atoms. The molecule has 1 aliphatic heterocycles. The number of amides is 2. The van der Waals surface area contributed by atoms with Gasteiger partial charge in [0.25, 0.3) is 11.6 Å². The molecular formula is C16H15N5O5. The number of carbonyl (C=O) groups excluding carboxylic acids is 2. The van der Waals surface area contributed by atoms with Crippen molar-refractivity contribution in [2.45, 2.75) is 0 Å². The Kier molecular flexibility index (Phi) is 4.74. The van der Waals surface area contributed by atoms with Gasteiger partial charge in [0.2, 0.25) is 5.91 Å². The molecule has 26 heavy (non-hydrogen) atoms. The summed E-state index contributed by atoms with van der Waals surface area (Å²) in [6, 6.07) is 3.93.